The zero-order chi connectivity index (χ0) is 17.1. The van der Waals surface area contributed by atoms with E-state index in [-0.39, 0.29) is 0 Å². The van der Waals surface area contributed by atoms with Gasteiger partial charge in [-0.25, -0.2) is 4.98 Å². The molecule has 0 spiro atoms. The van der Waals surface area contributed by atoms with Crippen LogP contribution < -0.4 is 0 Å². The Balaban J connectivity index is 1.67. The maximum absolute atomic E-state index is 4.47. The van der Waals surface area contributed by atoms with E-state index in [4.69, 9.17) is 0 Å². The molecule has 0 fully saturated rings. The smallest absolute Gasteiger partial charge is 0.192 e. The van der Waals surface area contributed by atoms with Crippen molar-refractivity contribution in [2.45, 2.75) is 49.6 Å². The fraction of sp³-hybridized carbons (Fsp3) is 0.368. The van der Waals surface area contributed by atoms with Crippen LogP contribution in [-0.4, -0.2) is 24.7 Å². The van der Waals surface area contributed by atoms with Gasteiger partial charge in [0, 0.05) is 24.2 Å². The lowest BCUT2D eigenvalue weighted by atomic mass is 10.0. The number of thioether (sulfide) groups is 1. The van der Waals surface area contributed by atoms with E-state index in [1.807, 2.05) is 11.8 Å². The minimum atomic E-state index is 0.433. The number of rotatable bonds is 4. The first-order valence-electron chi connectivity index (χ1n) is 8.81. The highest BCUT2D eigenvalue weighted by atomic mass is 32.2. The lowest BCUT2D eigenvalue weighted by Crippen LogP contribution is -2.03. The van der Waals surface area contributed by atoms with Crippen LogP contribution in [0.5, 0.6) is 0 Å². The van der Waals surface area contributed by atoms with Crippen LogP contribution in [0.2, 0.25) is 0 Å². The van der Waals surface area contributed by atoms with Gasteiger partial charge in [0.2, 0.25) is 0 Å². The first kappa shape index (κ1) is 16.3. The number of hydrogen-bond acceptors (Lipinski definition) is 5. The van der Waals surface area contributed by atoms with Crippen molar-refractivity contribution in [3.63, 3.8) is 0 Å². The third-order valence-electron chi connectivity index (χ3n) is 4.64. The summed E-state index contributed by atoms with van der Waals surface area (Å²) in [5.41, 5.74) is 3.70. The molecule has 1 aliphatic carbocycles. The molecule has 0 aliphatic heterocycles. The molecule has 2 aromatic heterocycles. The molecule has 1 aliphatic rings. The van der Waals surface area contributed by atoms with Gasteiger partial charge < -0.3 is 4.57 Å². The third-order valence-corrected chi connectivity index (χ3v) is 5.92. The van der Waals surface area contributed by atoms with E-state index in [1.54, 1.807) is 18.6 Å². The maximum atomic E-state index is 4.47. The van der Waals surface area contributed by atoms with Gasteiger partial charge in [-0.1, -0.05) is 42.4 Å². The Morgan fingerprint density at radius 1 is 1.16 bits per heavy atom. The van der Waals surface area contributed by atoms with E-state index in [2.05, 4.69) is 55.9 Å². The molecule has 25 heavy (non-hydrogen) atoms. The van der Waals surface area contributed by atoms with Gasteiger partial charge in [0.1, 0.15) is 5.69 Å². The third kappa shape index (κ3) is 3.31. The van der Waals surface area contributed by atoms with Crippen LogP contribution >= 0.6 is 11.8 Å². The SMILES string of the molecule is CCn1c(S[C@@H]2CCCCc3ccccc32)nnc1-c1cnccn1. The highest BCUT2D eigenvalue weighted by Crippen LogP contribution is 2.42. The average Bonchev–Trinajstić information content (AvgIpc) is 2.96. The number of fused-ring (bicyclic) bond motifs is 1. The monoisotopic (exact) mass is 351 g/mol. The molecule has 0 bridgehead atoms. The van der Waals surface area contributed by atoms with Gasteiger partial charge >= 0.3 is 0 Å². The van der Waals surface area contributed by atoms with Crippen molar-refractivity contribution < 1.29 is 0 Å². The molecule has 6 heteroatoms. The standard InChI is InChI=1S/C19H21N5S/c1-2-24-18(16-13-20-11-12-21-16)22-23-19(24)25-17-10-6-4-8-14-7-3-5-9-15(14)17/h3,5,7,9,11-13,17H,2,4,6,8,10H2,1H3/t17-/m1/s1. The lowest BCUT2D eigenvalue weighted by molar-refractivity contribution is 0.673. The zero-order valence-electron chi connectivity index (χ0n) is 14.3. The largest absolute Gasteiger partial charge is 0.301 e. The molecule has 1 aromatic carbocycles. The number of nitrogens with zero attached hydrogens (tertiary/aromatic N) is 5. The predicted octanol–water partition coefficient (Wildman–Crippen LogP) is 4.31. The fourth-order valence-electron chi connectivity index (χ4n) is 3.39. The normalized spacial score (nSPS) is 17.1. The number of benzene rings is 1. The maximum Gasteiger partial charge on any atom is 0.192 e. The highest BCUT2D eigenvalue weighted by molar-refractivity contribution is 7.99. The molecule has 0 saturated heterocycles. The highest BCUT2D eigenvalue weighted by Gasteiger charge is 2.23. The fourth-order valence-corrected chi connectivity index (χ4v) is 4.72. The summed E-state index contributed by atoms with van der Waals surface area (Å²) in [4.78, 5) is 8.53. The molecule has 5 nitrogen and oxygen atoms in total. The Hall–Kier alpha value is -2.21. The molecule has 0 saturated carbocycles. The average molecular weight is 351 g/mol. The van der Waals surface area contributed by atoms with Crippen LogP contribution in [0.15, 0.2) is 48.0 Å². The summed E-state index contributed by atoms with van der Waals surface area (Å²) in [5.74, 6) is 0.792. The number of aryl methyl sites for hydroxylation is 1. The van der Waals surface area contributed by atoms with E-state index in [1.165, 1.54) is 36.8 Å². The summed E-state index contributed by atoms with van der Waals surface area (Å²) in [5, 5.41) is 10.3. The summed E-state index contributed by atoms with van der Waals surface area (Å²) in [6.07, 6.45) is 9.98. The van der Waals surface area contributed by atoms with Crippen molar-refractivity contribution in [2.24, 2.45) is 0 Å². The quantitative estimate of drug-likeness (QED) is 0.655. The summed E-state index contributed by atoms with van der Waals surface area (Å²) >= 11 is 1.83. The molecule has 0 unspecified atom stereocenters. The second kappa shape index (κ2) is 7.35. The lowest BCUT2D eigenvalue weighted by Gasteiger charge is -2.17. The van der Waals surface area contributed by atoms with Crippen molar-refractivity contribution in [2.75, 3.05) is 0 Å². The van der Waals surface area contributed by atoms with Crippen LogP contribution in [-0.2, 0) is 13.0 Å². The molecule has 0 N–H and O–H groups in total. The van der Waals surface area contributed by atoms with Crippen LogP contribution in [0.3, 0.4) is 0 Å². The molecule has 128 valence electrons. The summed E-state index contributed by atoms with van der Waals surface area (Å²) in [7, 11) is 0. The molecular formula is C19H21N5S. The van der Waals surface area contributed by atoms with E-state index in [0.717, 1.165) is 23.2 Å². The van der Waals surface area contributed by atoms with Crippen LogP contribution in [0.1, 0.15) is 42.6 Å². The molecule has 4 rings (SSSR count). The summed E-state index contributed by atoms with van der Waals surface area (Å²) in [6.45, 7) is 2.93. The van der Waals surface area contributed by atoms with E-state index < -0.39 is 0 Å². The van der Waals surface area contributed by atoms with Crippen molar-refractivity contribution in [3.8, 4) is 11.5 Å². The first-order chi connectivity index (χ1) is 12.4. The van der Waals surface area contributed by atoms with Gasteiger partial charge in [-0.15, -0.1) is 10.2 Å². The Bertz CT molecular complexity index is 846. The Kier molecular flexibility index (Phi) is 4.78. The first-order valence-corrected chi connectivity index (χ1v) is 9.69. The molecule has 0 amide bonds. The molecule has 2 heterocycles. The number of aromatic nitrogens is 5. The Morgan fingerprint density at radius 2 is 2.08 bits per heavy atom. The van der Waals surface area contributed by atoms with Gasteiger partial charge in [0.15, 0.2) is 11.0 Å². The molecule has 1 atom stereocenters. The molecular weight excluding hydrogens is 330 g/mol. The second-order valence-electron chi connectivity index (χ2n) is 6.19. The van der Waals surface area contributed by atoms with Crippen molar-refractivity contribution in [1.82, 2.24) is 24.7 Å². The van der Waals surface area contributed by atoms with Gasteiger partial charge in [-0.2, -0.15) is 0 Å². The van der Waals surface area contributed by atoms with Gasteiger partial charge in [-0.3, -0.25) is 4.98 Å². The summed E-state index contributed by atoms with van der Waals surface area (Å²) in [6, 6.07) is 8.83. The van der Waals surface area contributed by atoms with E-state index in [9.17, 15) is 0 Å². The van der Waals surface area contributed by atoms with Crippen molar-refractivity contribution >= 4 is 11.8 Å². The molecule has 3 aromatic rings. The van der Waals surface area contributed by atoms with E-state index >= 15 is 0 Å². The zero-order valence-corrected chi connectivity index (χ0v) is 15.1. The number of hydrogen-bond donors (Lipinski definition) is 0. The van der Waals surface area contributed by atoms with E-state index in [0.29, 0.717) is 5.25 Å². The molecule has 0 radical (unpaired) electrons. The Labute approximate surface area is 151 Å². The minimum Gasteiger partial charge on any atom is -0.301 e. The summed E-state index contributed by atoms with van der Waals surface area (Å²) < 4.78 is 2.14. The Morgan fingerprint density at radius 3 is 2.92 bits per heavy atom. The van der Waals surface area contributed by atoms with Crippen molar-refractivity contribution in [1.29, 1.82) is 0 Å². The van der Waals surface area contributed by atoms with Crippen molar-refractivity contribution in [3.05, 3.63) is 54.0 Å². The van der Waals surface area contributed by atoms with Gasteiger partial charge in [0.05, 0.1) is 6.20 Å². The topological polar surface area (TPSA) is 56.5 Å². The predicted molar refractivity (Wildman–Crippen MR) is 99.3 cm³/mol. The van der Waals surface area contributed by atoms with Crippen LogP contribution in [0, 0.1) is 0 Å². The van der Waals surface area contributed by atoms with Crippen LogP contribution in [0.25, 0.3) is 11.5 Å². The second-order valence-corrected chi connectivity index (χ2v) is 7.36. The van der Waals surface area contributed by atoms with Gasteiger partial charge in [0.25, 0.3) is 0 Å². The minimum absolute atomic E-state index is 0.433. The van der Waals surface area contributed by atoms with Crippen LogP contribution in [0.4, 0.5) is 0 Å². The van der Waals surface area contributed by atoms with Gasteiger partial charge in [-0.05, 0) is 37.3 Å².